The summed E-state index contributed by atoms with van der Waals surface area (Å²) in [7, 11) is 0. The minimum absolute atomic E-state index is 0.450. The van der Waals surface area contributed by atoms with E-state index in [-0.39, 0.29) is 0 Å². The molecule has 0 saturated heterocycles. The van der Waals surface area contributed by atoms with Gasteiger partial charge in [-0.2, -0.15) is 15.5 Å². The summed E-state index contributed by atoms with van der Waals surface area (Å²) in [5.41, 5.74) is 1.29. The quantitative estimate of drug-likeness (QED) is 0.588. The molecule has 4 rings (SSSR count). The Hall–Kier alpha value is -3.67. The highest BCUT2D eigenvalue weighted by Gasteiger charge is 2.20. The molecule has 4 heterocycles. The van der Waals surface area contributed by atoms with Crippen LogP contribution in [0.4, 0.5) is 11.5 Å². The van der Waals surface area contributed by atoms with Crippen molar-refractivity contribution in [2.45, 2.75) is 19.4 Å². The monoisotopic (exact) mass is 334 g/mol. The number of anilines is 2. The van der Waals surface area contributed by atoms with Crippen LogP contribution in [0.2, 0.25) is 0 Å². The third-order valence-electron chi connectivity index (χ3n) is 3.73. The van der Waals surface area contributed by atoms with Gasteiger partial charge in [-0.1, -0.05) is 0 Å². The van der Waals surface area contributed by atoms with Gasteiger partial charge >= 0.3 is 0 Å². The highest BCUT2D eigenvalue weighted by Crippen LogP contribution is 2.26. The summed E-state index contributed by atoms with van der Waals surface area (Å²) in [6.07, 6.45) is 6.58. The molecule has 2 N–H and O–H groups in total. The first-order chi connectivity index (χ1) is 12.1. The third-order valence-corrected chi connectivity index (χ3v) is 3.73. The van der Waals surface area contributed by atoms with Crippen molar-refractivity contribution in [3.05, 3.63) is 37.0 Å². The van der Waals surface area contributed by atoms with Crippen molar-refractivity contribution in [1.82, 2.24) is 29.9 Å². The average molecular weight is 334 g/mol. The highest BCUT2D eigenvalue weighted by molar-refractivity contribution is 5.88. The number of fused-ring (bicyclic) bond motifs is 1. The summed E-state index contributed by atoms with van der Waals surface area (Å²) < 4.78 is 6.97. The predicted octanol–water partition coefficient (Wildman–Crippen LogP) is 2.81. The maximum Gasteiger partial charge on any atom is 0.198 e. The third kappa shape index (κ3) is 2.59. The first-order valence-electron chi connectivity index (χ1n) is 7.55. The van der Waals surface area contributed by atoms with E-state index in [1.165, 1.54) is 0 Å². The second-order valence-corrected chi connectivity index (χ2v) is 5.97. The van der Waals surface area contributed by atoms with Gasteiger partial charge in [-0.05, 0) is 26.0 Å². The molecule has 0 aliphatic heterocycles. The Bertz CT molecular complexity index is 1070. The number of H-pyrrole nitrogens is 1. The smallest absolute Gasteiger partial charge is 0.198 e. The van der Waals surface area contributed by atoms with Crippen molar-refractivity contribution in [3.63, 3.8) is 0 Å². The van der Waals surface area contributed by atoms with Gasteiger partial charge < -0.3 is 9.73 Å². The van der Waals surface area contributed by atoms with Crippen molar-refractivity contribution in [3.8, 4) is 17.7 Å². The van der Waals surface area contributed by atoms with Crippen molar-refractivity contribution >= 4 is 22.5 Å². The molecular formula is C16H14N8O. The zero-order chi connectivity index (χ0) is 17.4. The van der Waals surface area contributed by atoms with Gasteiger partial charge in [0.05, 0.1) is 36.6 Å². The minimum atomic E-state index is -0.742. The fourth-order valence-corrected chi connectivity index (χ4v) is 2.33. The fourth-order valence-electron chi connectivity index (χ4n) is 2.33. The maximum absolute atomic E-state index is 9.23. The molecule has 0 amide bonds. The molecule has 0 spiro atoms. The van der Waals surface area contributed by atoms with Gasteiger partial charge in [-0.3, -0.25) is 9.78 Å². The SMILES string of the molecule is CC(C)(C#N)n1cc(Nc2nc(-c3ccco3)nc3cn[nH]c23)cn1. The average Bonchev–Trinajstić information content (AvgIpc) is 3.35. The normalized spacial score (nSPS) is 11.6. The van der Waals surface area contributed by atoms with E-state index in [1.54, 1.807) is 55.5 Å². The van der Waals surface area contributed by atoms with Crippen LogP contribution in [0.5, 0.6) is 0 Å². The van der Waals surface area contributed by atoms with E-state index in [0.29, 0.717) is 34.1 Å². The van der Waals surface area contributed by atoms with Gasteiger partial charge in [0, 0.05) is 0 Å². The number of nitriles is 1. The maximum atomic E-state index is 9.23. The molecule has 0 aliphatic carbocycles. The number of nitrogens with one attached hydrogen (secondary N) is 2. The summed E-state index contributed by atoms with van der Waals surface area (Å²) in [5, 5.41) is 23.6. The van der Waals surface area contributed by atoms with Gasteiger partial charge in [0.15, 0.2) is 17.4 Å². The van der Waals surface area contributed by atoms with Crippen LogP contribution in [0.1, 0.15) is 13.8 Å². The van der Waals surface area contributed by atoms with Gasteiger partial charge in [-0.15, -0.1) is 0 Å². The van der Waals surface area contributed by atoms with E-state index in [9.17, 15) is 5.26 Å². The van der Waals surface area contributed by atoms with Crippen molar-refractivity contribution in [2.24, 2.45) is 0 Å². The van der Waals surface area contributed by atoms with Gasteiger partial charge in [-0.25, -0.2) is 9.97 Å². The fraction of sp³-hybridized carbons (Fsp3) is 0.188. The molecule has 9 heteroatoms. The second kappa shape index (κ2) is 5.45. The molecule has 0 fully saturated rings. The number of aromatic nitrogens is 6. The van der Waals surface area contributed by atoms with Crippen LogP contribution in [-0.2, 0) is 5.54 Å². The number of aromatic amines is 1. The summed E-state index contributed by atoms with van der Waals surface area (Å²) in [6, 6.07) is 5.77. The predicted molar refractivity (Wildman–Crippen MR) is 89.8 cm³/mol. The van der Waals surface area contributed by atoms with E-state index in [0.717, 1.165) is 0 Å². The molecule has 124 valence electrons. The topological polar surface area (TPSA) is 121 Å². The van der Waals surface area contributed by atoms with Crippen molar-refractivity contribution in [2.75, 3.05) is 5.32 Å². The van der Waals surface area contributed by atoms with Crippen molar-refractivity contribution < 1.29 is 4.42 Å². The van der Waals surface area contributed by atoms with Crippen LogP contribution < -0.4 is 5.32 Å². The van der Waals surface area contributed by atoms with Crippen LogP contribution in [0.25, 0.3) is 22.6 Å². The minimum Gasteiger partial charge on any atom is -0.461 e. The highest BCUT2D eigenvalue weighted by atomic mass is 16.3. The molecule has 0 radical (unpaired) electrons. The number of hydrogen-bond acceptors (Lipinski definition) is 7. The number of furan rings is 1. The molecule has 0 aromatic carbocycles. The molecule has 4 aromatic rings. The van der Waals surface area contributed by atoms with Gasteiger partial charge in [0.1, 0.15) is 16.6 Å². The lowest BCUT2D eigenvalue weighted by Gasteiger charge is -2.15. The Morgan fingerprint density at radius 3 is 2.96 bits per heavy atom. The molecule has 0 saturated carbocycles. The first-order valence-corrected chi connectivity index (χ1v) is 7.55. The zero-order valence-corrected chi connectivity index (χ0v) is 13.6. The van der Waals surface area contributed by atoms with Crippen molar-refractivity contribution in [1.29, 1.82) is 5.26 Å². The lowest BCUT2D eigenvalue weighted by molar-refractivity contribution is 0.419. The molecular weight excluding hydrogens is 320 g/mol. The van der Waals surface area contributed by atoms with E-state index in [4.69, 9.17) is 4.42 Å². The van der Waals surface area contributed by atoms with Crippen LogP contribution in [-0.4, -0.2) is 29.9 Å². The Morgan fingerprint density at radius 2 is 2.20 bits per heavy atom. The van der Waals surface area contributed by atoms with E-state index >= 15 is 0 Å². The van der Waals surface area contributed by atoms with Crippen LogP contribution in [0.3, 0.4) is 0 Å². The number of nitrogens with zero attached hydrogens (tertiary/aromatic N) is 6. The molecule has 0 unspecified atom stereocenters. The van der Waals surface area contributed by atoms with Gasteiger partial charge in [0.2, 0.25) is 0 Å². The van der Waals surface area contributed by atoms with E-state index in [2.05, 4.69) is 36.7 Å². The Balaban J connectivity index is 1.74. The lowest BCUT2D eigenvalue weighted by Crippen LogP contribution is -2.24. The number of hydrogen-bond donors (Lipinski definition) is 2. The van der Waals surface area contributed by atoms with E-state index < -0.39 is 5.54 Å². The molecule has 0 aliphatic rings. The van der Waals surface area contributed by atoms with Crippen LogP contribution in [0, 0.1) is 11.3 Å². The second-order valence-electron chi connectivity index (χ2n) is 5.97. The number of rotatable bonds is 4. The lowest BCUT2D eigenvalue weighted by atomic mass is 10.1. The summed E-state index contributed by atoms with van der Waals surface area (Å²) in [5.74, 6) is 1.56. The Labute approximate surface area is 142 Å². The van der Waals surface area contributed by atoms with Crippen LogP contribution in [0.15, 0.2) is 41.4 Å². The summed E-state index contributed by atoms with van der Waals surface area (Å²) in [6.45, 7) is 3.58. The summed E-state index contributed by atoms with van der Waals surface area (Å²) >= 11 is 0. The largest absolute Gasteiger partial charge is 0.461 e. The zero-order valence-electron chi connectivity index (χ0n) is 13.6. The Morgan fingerprint density at radius 1 is 1.32 bits per heavy atom. The van der Waals surface area contributed by atoms with Crippen LogP contribution >= 0.6 is 0 Å². The molecule has 0 bridgehead atoms. The van der Waals surface area contributed by atoms with E-state index in [1.807, 2.05) is 0 Å². The molecule has 25 heavy (non-hydrogen) atoms. The standard InChI is InChI=1S/C16H14N8O/c1-16(2,9-17)24-8-10(6-19-24)20-15-13-11(7-18-23-13)21-14(22-15)12-4-3-5-25-12/h3-8H,1-2H3,(H,18,23)(H,20,21,22). The molecule has 9 nitrogen and oxygen atoms in total. The molecule has 4 aromatic heterocycles. The molecule has 0 atom stereocenters. The van der Waals surface area contributed by atoms with Gasteiger partial charge in [0.25, 0.3) is 0 Å². The Kier molecular flexibility index (Phi) is 3.25. The first kappa shape index (κ1) is 14.9. The summed E-state index contributed by atoms with van der Waals surface area (Å²) in [4.78, 5) is 8.95.